The maximum atomic E-state index is 12.3. The molecule has 2 rings (SSSR count). The molecule has 0 radical (unpaired) electrons. The van der Waals surface area contributed by atoms with Gasteiger partial charge in [-0.05, 0) is 6.07 Å². The van der Waals surface area contributed by atoms with Crippen molar-refractivity contribution in [1.29, 1.82) is 0 Å². The summed E-state index contributed by atoms with van der Waals surface area (Å²) in [7, 11) is 1.45. The van der Waals surface area contributed by atoms with Crippen LogP contribution in [0.15, 0.2) is 18.5 Å². The summed E-state index contributed by atoms with van der Waals surface area (Å²) in [5.74, 6) is 5.50. The maximum Gasteiger partial charge on any atom is 0.390 e. The number of halogens is 3. The Kier molecular flexibility index (Phi) is 4.21. The summed E-state index contributed by atoms with van der Waals surface area (Å²) in [4.78, 5) is 13.2. The van der Waals surface area contributed by atoms with Gasteiger partial charge in [-0.25, -0.2) is 10.5 Å². The van der Waals surface area contributed by atoms with Crippen LogP contribution in [0.2, 0.25) is 0 Å². The van der Waals surface area contributed by atoms with Crippen molar-refractivity contribution in [3.63, 3.8) is 0 Å². The zero-order valence-corrected chi connectivity index (χ0v) is 11.0. The second-order valence-electron chi connectivity index (χ2n) is 4.14. The van der Waals surface area contributed by atoms with Gasteiger partial charge in [0.2, 0.25) is 11.9 Å². The van der Waals surface area contributed by atoms with Crippen LogP contribution in [0.1, 0.15) is 6.42 Å². The van der Waals surface area contributed by atoms with E-state index in [1.54, 1.807) is 12.3 Å². The maximum absolute atomic E-state index is 12.3. The molecule has 11 heteroatoms. The van der Waals surface area contributed by atoms with Crippen LogP contribution in [0.25, 0.3) is 5.95 Å². The lowest BCUT2D eigenvalue weighted by Crippen LogP contribution is -2.27. The number of hydrogen-bond acceptors (Lipinski definition) is 7. The smallest absolute Gasteiger partial charge is 0.343 e. The molecule has 0 unspecified atom stereocenters. The quantitative estimate of drug-likeness (QED) is 0.620. The van der Waals surface area contributed by atoms with Crippen LogP contribution >= 0.6 is 0 Å². The number of nitrogen functional groups attached to an aromatic ring is 1. The Bertz CT molecular complexity index is 582. The van der Waals surface area contributed by atoms with E-state index in [-0.39, 0.29) is 24.4 Å². The lowest BCUT2D eigenvalue weighted by atomic mass is 10.4. The molecule has 0 spiro atoms. The standard InChI is InChI=1S/C10H13F3N8/c1-20(6-3-10(11,12)13)8-16-7(19-14)17-9(18-8)21-5-2-4-15-21/h2,4-5H,3,6,14H2,1H3,(H,16,17,18,19). The number of nitrogens with zero attached hydrogens (tertiary/aromatic N) is 6. The average molecular weight is 302 g/mol. The number of nitrogens with one attached hydrogen (secondary N) is 1. The van der Waals surface area contributed by atoms with Crippen LogP contribution in [-0.2, 0) is 0 Å². The molecule has 2 aromatic rings. The van der Waals surface area contributed by atoms with Crippen LogP contribution in [-0.4, -0.2) is 44.5 Å². The van der Waals surface area contributed by atoms with Gasteiger partial charge in [0, 0.05) is 26.0 Å². The van der Waals surface area contributed by atoms with Crippen molar-refractivity contribution in [1.82, 2.24) is 24.7 Å². The molecular weight excluding hydrogens is 289 g/mol. The molecule has 21 heavy (non-hydrogen) atoms. The fourth-order valence-corrected chi connectivity index (χ4v) is 1.47. The van der Waals surface area contributed by atoms with E-state index < -0.39 is 12.6 Å². The first-order chi connectivity index (χ1) is 9.89. The molecule has 0 fully saturated rings. The number of rotatable bonds is 5. The van der Waals surface area contributed by atoms with E-state index in [1.807, 2.05) is 0 Å². The molecule has 0 saturated heterocycles. The highest BCUT2D eigenvalue weighted by Gasteiger charge is 2.27. The number of anilines is 2. The third-order valence-electron chi connectivity index (χ3n) is 2.52. The second kappa shape index (κ2) is 5.91. The van der Waals surface area contributed by atoms with Gasteiger partial charge in [-0.1, -0.05) is 0 Å². The molecule has 0 aromatic carbocycles. The zero-order chi connectivity index (χ0) is 15.5. The van der Waals surface area contributed by atoms with Crippen LogP contribution in [0.3, 0.4) is 0 Å². The molecule has 0 aliphatic rings. The Labute approximate surface area is 117 Å². The summed E-state index contributed by atoms with van der Waals surface area (Å²) in [5, 5.41) is 3.94. The fraction of sp³-hybridized carbons (Fsp3) is 0.400. The van der Waals surface area contributed by atoms with E-state index in [0.29, 0.717) is 0 Å². The van der Waals surface area contributed by atoms with Crippen molar-refractivity contribution in [2.75, 3.05) is 23.9 Å². The summed E-state index contributed by atoms with van der Waals surface area (Å²) >= 11 is 0. The lowest BCUT2D eigenvalue weighted by molar-refractivity contribution is -0.132. The largest absolute Gasteiger partial charge is 0.390 e. The van der Waals surface area contributed by atoms with Crippen LogP contribution in [0, 0.1) is 0 Å². The van der Waals surface area contributed by atoms with E-state index in [4.69, 9.17) is 5.84 Å². The van der Waals surface area contributed by atoms with Crippen molar-refractivity contribution in [3.05, 3.63) is 18.5 Å². The van der Waals surface area contributed by atoms with Crippen molar-refractivity contribution in [2.45, 2.75) is 12.6 Å². The Morgan fingerprint density at radius 2 is 2.10 bits per heavy atom. The topological polar surface area (TPSA) is 97.8 Å². The van der Waals surface area contributed by atoms with Crippen molar-refractivity contribution in [2.24, 2.45) is 5.84 Å². The van der Waals surface area contributed by atoms with Gasteiger partial charge in [0.1, 0.15) is 0 Å². The fourth-order valence-electron chi connectivity index (χ4n) is 1.47. The summed E-state index contributed by atoms with van der Waals surface area (Å²) in [6.07, 6.45) is -2.11. The number of alkyl halides is 3. The van der Waals surface area contributed by atoms with E-state index in [1.165, 1.54) is 22.8 Å². The van der Waals surface area contributed by atoms with Gasteiger partial charge in [0.25, 0.3) is 5.95 Å². The molecule has 0 aliphatic heterocycles. The summed E-state index contributed by atoms with van der Waals surface area (Å²) in [6.45, 7) is -0.282. The van der Waals surface area contributed by atoms with E-state index in [9.17, 15) is 13.2 Å². The molecular formula is C10H13F3N8. The first-order valence-electron chi connectivity index (χ1n) is 5.89. The van der Waals surface area contributed by atoms with Gasteiger partial charge >= 0.3 is 6.18 Å². The van der Waals surface area contributed by atoms with Crippen molar-refractivity contribution < 1.29 is 13.2 Å². The van der Waals surface area contributed by atoms with Crippen molar-refractivity contribution >= 4 is 11.9 Å². The molecule has 0 bridgehead atoms. The van der Waals surface area contributed by atoms with Gasteiger partial charge in [-0.3, -0.25) is 5.43 Å². The second-order valence-corrected chi connectivity index (χ2v) is 4.14. The first-order valence-corrected chi connectivity index (χ1v) is 5.89. The van der Waals surface area contributed by atoms with Gasteiger partial charge in [-0.15, -0.1) is 0 Å². The molecule has 0 aliphatic carbocycles. The predicted octanol–water partition coefficient (Wildman–Crippen LogP) is 0.732. The van der Waals surface area contributed by atoms with E-state index >= 15 is 0 Å². The Morgan fingerprint density at radius 3 is 2.67 bits per heavy atom. The van der Waals surface area contributed by atoms with Gasteiger partial charge in [0.05, 0.1) is 6.42 Å². The highest BCUT2D eigenvalue weighted by Crippen LogP contribution is 2.21. The summed E-state index contributed by atoms with van der Waals surface area (Å²) < 4.78 is 38.1. The van der Waals surface area contributed by atoms with Crippen LogP contribution in [0.4, 0.5) is 25.1 Å². The highest BCUT2D eigenvalue weighted by atomic mass is 19.4. The molecule has 2 aromatic heterocycles. The number of hydrazine groups is 1. The third kappa shape index (κ3) is 4.02. The lowest BCUT2D eigenvalue weighted by Gasteiger charge is -2.18. The molecule has 0 atom stereocenters. The minimum Gasteiger partial charge on any atom is -0.343 e. The molecule has 114 valence electrons. The average Bonchev–Trinajstić information content (AvgIpc) is 2.97. The molecule has 0 amide bonds. The van der Waals surface area contributed by atoms with E-state index in [2.05, 4.69) is 25.5 Å². The van der Waals surface area contributed by atoms with Gasteiger partial charge in [-0.2, -0.15) is 33.2 Å². The Morgan fingerprint density at radius 1 is 1.33 bits per heavy atom. The summed E-state index contributed by atoms with van der Waals surface area (Å²) in [5.41, 5.74) is 2.24. The van der Waals surface area contributed by atoms with Crippen LogP contribution < -0.4 is 16.2 Å². The highest BCUT2D eigenvalue weighted by molar-refractivity contribution is 5.38. The minimum atomic E-state index is -4.25. The first kappa shape index (κ1) is 15.0. The molecule has 8 nitrogen and oxygen atoms in total. The van der Waals surface area contributed by atoms with Gasteiger partial charge in [0.15, 0.2) is 0 Å². The number of nitrogens with two attached hydrogens (primary N) is 1. The normalized spacial score (nSPS) is 11.5. The SMILES string of the molecule is CN(CCC(F)(F)F)c1nc(NN)nc(-n2cccn2)n1. The predicted molar refractivity (Wildman–Crippen MR) is 68.7 cm³/mol. The zero-order valence-electron chi connectivity index (χ0n) is 11.0. The number of aromatic nitrogens is 5. The van der Waals surface area contributed by atoms with Crippen LogP contribution in [0.5, 0.6) is 0 Å². The molecule has 3 N–H and O–H groups in total. The molecule has 2 heterocycles. The Hall–Kier alpha value is -2.43. The van der Waals surface area contributed by atoms with Gasteiger partial charge < -0.3 is 4.90 Å². The van der Waals surface area contributed by atoms with E-state index in [0.717, 1.165) is 0 Å². The van der Waals surface area contributed by atoms with Crippen molar-refractivity contribution in [3.8, 4) is 5.95 Å². The minimum absolute atomic E-state index is 0.0318. The summed E-state index contributed by atoms with van der Waals surface area (Å²) in [6, 6.07) is 1.66. The number of hydrogen-bond donors (Lipinski definition) is 2. The molecule has 0 saturated carbocycles. The Balaban J connectivity index is 2.24. The monoisotopic (exact) mass is 302 g/mol. The third-order valence-corrected chi connectivity index (χ3v) is 2.52.